The highest BCUT2D eigenvalue weighted by Gasteiger charge is 2.11. The summed E-state index contributed by atoms with van der Waals surface area (Å²) in [7, 11) is 1.65. The summed E-state index contributed by atoms with van der Waals surface area (Å²) >= 11 is 9.59. The molecule has 0 aliphatic heterocycles. The number of aromatic nitrogens is 1. The zero-order chi connectivity index (χ0) is 15.6. The van der Waals surface area contributed by atoms with Crippen LogP contribution in [0.15, 0.2) is 22.7 Å². The Morgan fingerprint density at radius 3 is 2.57 bits per heavy atom. The molecule has 1 aromatic carbocycles. The fraction of sp³-hybridized carbons (Fsp3) is 0.375. The Bertz CT molecular complexity index is 652. The van der Waals surface area contributed by atoms with E-state index in [0.29, 0.717) is 5.02 Å². The average Bonchev–Trinajstić information content (AvgIpc) is 2.70. The van der Waals surface area contributed by atoms with Crippen LogP contribution in [0.5, 0.6) is 5.75 Å². The molecule has 0 radical (unpaired) electrons. The van der Waals surface area contributed by atoms with Gasteiger partial charge in [-0.3, -0.25) is 0 Å². The lowest BCUT2D eigenvalue weighted by Gasteiger charge is -2.13. The predicted molar refractivity (Wildman–Crippen MR) is 92.6 cm³/mol. The highest BCUT2D eigenvalue weighted by atomic mass is 79.9. The maximum atomic E-state index is 6.11. The lowest BCUT2D eigenvalue weighted by molar-refractivity contribution is 0.414. The average molecular weight is 372 g/mol. The van der Waals surface area contributed by atoms with Crippen molar-refractivity contribution in [2.45, 2.75) is 33.9 Å². The van der Waals surface area contributed by atoms with Crippen molar-refractivity contribution in [3.05, 3.63) is 44.6 Å². The van der Waals surface area contributed by atoms with Gasteiger partial charge in [-0.1, -0.05) is 11.6 Å². The summed E-state index contributed by atoms with van der Waals surface area (Å²) in [6, 6.07) is 5.93. The topological polar surface area (TPSA) is 26.2 Å². The number of nitrogens with one attached hydrogen (secondary N) is 1. The van der Waals surface area contributed by atoms with Gasteiger partial charge in [0.05, 0.1) is 17.3 Å². The van der Waals surface area contributed by atoms with Crippen molar-refractivity contribution in [2.24, 2.45) is 0 Å². The van der Waals surface area contributed by atoms with Gasteiger partial charge in [-0.25, -0.2) is 0 Å². The van der Waals surface area contributed by atoms with Crippen molar-refractivity contribution in [1.82, 2.24) is 4.57 Å². The van der Waals surface area contributed by atoms with Gasteiger partial charge in [0.15, 0.2) is 5.75 Å². The van der Waals surface area contributed by atoms with Crippen LogP contribution >= 0.6 is 27.5 Å². The Hall–Kier alpha value is -1.13. The molecule has 0 aliphatic carbocycles. The van der Waals surface area contributed by atoms with Gasteiger partial charge in [0.2, 0.25) is 0 Å². The van der Waals surface area contributed by atoms with Gasteiger partial charge >= 0.3 is 0 Å². The van der Waals surface area contributed by atoms with Crippen LogP contribution in [0.25, 0.3) is 0 Å². The van der Waals surface area contributed by atoms with Crippen molar-refractivity contribution in [1.29, 1.82) is 0 Å². The summed E-state index contributed by atoms with van der Waals surface area (Å²) in [6.07, 6.45) is 0. The molecule has 2 rings (SSSR count). The number of halogens is 2. The largest absolute Gasteiger partial charge is 0.493 e. The van der Waals surface area contributed by atoms with Crippen LogP contribution in [0.2, 0.25) is 5.02 Å². The van der Waals surface area contributed by atoms with Gasteiger partial charge < -0.3 is 14.6 Å². The number of benzene rings is 1. The third kappa shape index (κ3) is 3.38. The molecule has 0 saturated heterocycles. The third-order valence-electron chi connectivity index (χ3n) is 3.68. The minimum Gasteiger partial charge on any atom is -0.493 e. The van der Waals surface area contributed by atoms with Crippen LogP contribution in [0.3, 0.4) is 0 Å². The first-order chi connectivity index (χ1) is 9.97. The van der Waals surface area contributed by atoms with Crippen molar-refractivity contribution in [3.63, 3.8) is 0 Å². The molecule has 0 amide bonds. The Morgan fingerprint density at radius 1 is 1.29 bits per heavy atom. The number of methoxy groups -OCH3 is 1. The highest BCUT2D eigenvalue weighted by molar-refractivity contribution is 9.10. The molecule has 0 bridgehead atoms. The molecular weight excluding hydrogens is 352 g/mol. The van der Waals surface area contributed by atoms with E-state index in [9.17, 15) is 0 Å². The second kappa shape index (κ2) is 6.75. The predicted octanol–water partition coefficient (Wildman–Crippen LogP) is 5.16. The third-order valence-corrected chi connectivity index (χ3v) is 4.48. The van der Waals surface area contributed by atoms with Gasteiger partial charge in [-0.15, -0.1) is 0 Å². The number of hydrogen-bond acceptors (Lipinski definition) is 2. The summed E-state index contributed by atoms with van der Waals surface area (Å²) in [5.41, 5.74) is 4.75. The van der Waals surface area contributed by atoms with Crippen LogP contribution < -0.4 is 10.1 Å². The minimum atomic E-state index is 0.671. The molecule has 1 N–H and O–H groups in total. The molecule has 1 aromatic heterocycles. The van der Waals surface area contributed by atoms with E-state index in [-0.39, 0.29) is 0 Å². The summed E-state index contributed by atoms with van der Waals surface area (Å²) in [4.78, 5) is 0. The van der Waals surface area contributed by atoms with Crippen LogP contribution in [-0.2, 0) is 13.1 Å². The van der Waals surface area contributed by atoms with E-state index in [1.165, 1.54) is 17.0 Å². The van der Waals surface area contributed by atoms with Gasteiger partial charge in [0.25, 0.3) is 0 Å². The molecule has 0 aliphatic rings. The van der Waals surface area contributed by atoms with Crippen LogP contribution in [0, 0.1) is 13.8 Å². The Balaban J connectivity index is 2.24. The van der Waals surface area contributed by atoms with Crippen molar-refractivity contribution in [2.75, 3.05) is 12.4 Å². The van der Waals surface area contributed by atoms with Gasteiger partial charge in [0, 0.05) is 29.5 Å². The Kier molecular flexibility index (Phi) is 5.22. The summed E-state index contributed by atoms with van der Waals surface area (Å²) < 4.78 is 8.58. The fourth-order valence-corrected chi connectivity index (χ4v) is 3.60. The number of aryl methyl sites for hydroxylation is 1. The second-order valence-electron chi connectivity index (χ2n) is 4.96. The molecule has 5 heteroatoms. The van der Waals surface area contributed by atoms with Crippen LogP contribution in [0.4, 0.5) is 5.69 Å². The summed E-state index contributed by atoms with van der Waals surface area (Å²) in [6.45, 7) is 8.18. The molecular formula is C16H20BrClN2O. The molecule has 0 atom stereocenters. The van der Waals surface area contributed by atoms with Crippen molar-refractivity contribution < 1.29 is 4.74 Å². The first-order valence-electron chi connectivity index (χ1n) is 6.90. The summed E-state index contributed by atoms with van der Waals surface area (Å²) in [5, 5.41) is 4.09. The standard InChI is InChI=1S/C16H20BrClN2O/c1-5-20-10(2)6-12(11(20)3)9-19-15-8-13(18)7-14(17)16(15)21-4/h6-8,19H,5,9H2,1-4H3. The second-order valence-corrected chi connectivity index (χ2v) is 6.25. The molecule has 0 unspecified atom stereocenters. The molecule has 3 nitrogen and oxygen atoms in total. The molecule has 0 spiro atoms. The van der Waals surface area contributed by atoms with Crippen LogP contribution in [0.1, 0.15) is 23.9 Å². The van der Waals surface area contributed by atoms with Crippen LogP contribution in [-0.4, -0.2) is 11.7 Å². The Morgan fingerprint density at radius 2 is 2.00 bits per heavy atom. The lowest BCUT2D eigenvalue weighted by atomic mass is 10.2. The number of ether oxygens (including phenoxy) is 1. The number of nitrogens with zero attached hydrogens (tertiary/aromatic N) is 1. The van der Waals surface area contributed by atoms with Crippen molar-refractivity contribution in [3.8, 4) is 5.75 Å². The highest BCUT2D eigenvalue weighted by Crippen LogP contribution is 2.36. The molecule has 0 saturated carbocycles. The van der Waals surface area contributed by atoms with E-state index in [2.05, 4.69) is 52.7 Å². The normalized spacial score (nSPS) is 10.8. The molecule has 0 fully saturated rings. The zero-order valence-electron chi connectivity index (χ0n) is 12.8. The Labute approximate surface area is 139 Å². The van der Waals surface area contributed by atoms with E-state index in [1.54, 1.807) is 7.11 Å². The first kappa shape index (κ1) is 16.2. The van der Waals surface area contributed by atoms with E-state index < -0.39 is 0 Å². The SMILES string of the molecule is CCn1c(C)cc(CNc2cc(Cl)cc(Br)c2OC)c1C. The van der Waals surface area contributed by atoms with E-state index in [4.69, 9.17) is 16.3 Å². The van der Waals surface area contributed by atoms with E-state index in [0.717, 1.165) is 29.0 Å². The number of hydrogen-bond donors (Lipinski definition) is 1. The smallest absolute Gasteiger partial charge is 0.156 e. The fourth-order valence-electron chi connectivity index (χ4n) is 2.63. The zero-order valence-corrected chi connectivity index (χ0v) is 15.1. The maximum absolute atomic E-state index is 6.11. The molecule has 114 valence electrons. The number of anilines is 1. The van der Waals surface area contributed by atoms with Gasteiger partial charge in [-0.2, -0.15) is 0 Å². The van der Waals surface area contributed by atoms with E-state index in [1.807, 2.05) is 12.1 Å². The summed E-state index contributed by atoms with van der Waals surface area (Å²) in [5.74, 6) is 0.767. The quantitative estimate of drug-likeness (QED) is 0.785. The monoisotopic (exact) mass is 370 g/mol. The first-order valence-corrected chi connectivity index (χ1v) is 8.07. The molecule has 1 heterocycles. The van der Waals surface area contributed by atoms with E-state index >= 15 is 0 Å². The lowest BCUT2D eigenvalue weighted by Crippen LogP contribution is -2.04. The minimum absolute atomic E-state index is 0.671. The molecule has 21 heavy (non-hydrogen) atoms. The van der Waals surface area contributed by atoms with Gasteiger partial charge in [-0.05, 0) is 60.5 Å². The molecule has 2 aromatic rings. The van der Waals surface area contributed by atoms with Gasteiger partial charge in [0.1, 0.15) is 0 Å². The van der Waals surface area contributed by atoms with Crippen molar-refractivity contribution >= 4 is 33.2 Å². The number of rotatable bonds is 5. The maximum Gasteiger partial charge on any atom is 0.156 e.